The zero-order valence-electron chi connectivity index (χ0n) is 7.63. The first-order chi connectivity index (χ1) is 5.35. The summed E-state index contributed by atoms with van der Waals surface area (Å²) in [4.78, 5) is 0. The largest absolute Gasteiger partial charge is 0.428 e. The van der Waals surface area contributed by atoms with Gasteiger partial charge in [0.2, 0.25) is 0 Å². The van der Waals surface area contributed by atoms with E-state index in [-0.39, 0.29) is 15.4 Å². The van der Waals surface area contributed by atoms with Crippen molar-refractivity contribution in [2.75, 3.05) is 20.8 Å². The maximum absolute atomic E-state index is 5.09. The molecule has 0 rings (SSSR count). The van der Waals surface area contributed by atoms with Gasteiger partial charge in [-0.25, -0.2) is 0 Å². The second-order valence-electron chi connectivity index (χ2n) is 2.39. The predicted molar refractivity (Wildman–Crippen MR) is 51.7 cm³/mol. The highest BCUT2D eigenvalue weighted by Gasteiger charge is 2.03. The molecule has 0 aromatic rings. The fourth-order valence-electron chi connectivity index (χ4n) is 0.889. The van der Waals surface area contributed by atoms with Gasteiger partial charge in [0.05, 0.1) is 9.52 Å². The van der Waals surface area contributed by atoms with Gasteiger partial charge in [-0.2, -0.15) is 0 Å². The molecule has 0 saturated heterocycles. The van der Waals surface area contributed by atoms with E-state index >= 15 is 0 Å². The number of methoxy groups -OCH3 is 2. The third kappa shape index (κ3) is 6.70. The van der Waals surface area contributed by atoms with Crippen LogP contribution >= 0.6 is 0 Å². The fourth-order valence-corrected chi connectivity index (χ4v) is 2.48. The molecule has 0 spiro atoms. The Hall–Kier alpha value is 0.314. The van der Waals surface area contributed by atoms with Crippen molar-refractivity contribution in [3.8, 4) is 0 Å². The average Bonchev–Trinajstić information content (AvgIpc) is 2.05. The van der Waals surface area contributed by atoms with Crippen LogP contribution in [0.3, 0.4) is 0 Å². The van der Waals surface area contributed by atoms with Crippen molar-refractivity contribution in [3.63, 3.8) is 0 Å². The summed E-state index contributed by atoms with van der Waals surface area (Å²) in [6.45, 7) is 0.916. The van der Waals surface area contributed by atoms with Gasteiger partial charge in [0.15, 0.2) is 0 Å². The molecule has 0 radical (unpaired) electrons. The molecule has 0 aliphatic rings. The van der Waals surface area contributed by atoms with Crippen LogP contribution in [-0.2, 0) is 13.9 Å². The van der Waals surface area contributed by atoms with E-state index in [9.17, 15) is 0 Å². The van der Waals surface area contributed by atoms with E-state index in [4.69, 9.17) is 13.9 Å². The molecule has 11 heavy (non-hydrogen) atoms. The van der Waals surface area contributed by atoms with E-state index in [1.807, 2.05) is 0 Å². The minimum Gasteiger partial charge on any atom is -0.428 e. The summed E-state index contributed by atoms with van der Waals surface area (Å²) in [7, 11) is 4.05. The molecule has 0 aromatic carbocycles. The molecule has 0 fully saturated rings. The van der Waals surface area contributed by atoms with Crippen molar-refractivity contribution in [3.05, 3.63) is 0 Å². The molecule has 0 aliphatic carbocycles. The molecular formula is C6H18O3Si2. The quantitative estimate of drug-likeness (QED) is 0.291. The maximum atomic E-state index is 5.09. The minimum atomic E-state index is -0.204. The van der Waals surface area contributed by atoms with Crippen LogP contribution < -0.4 is 0 Å². The molecule has 0 aromatic heterocycles. The Kier molecular flexibility index (Phi) is 8.65. The molecule has 0 unspecified atom stereocenters. The van der Waals surface area contributed by atoms with E-state index in [0.717, 1.165) is 17.1 Å². The van der Waals surface area contributed by atoms with Gasteiger partial charge in [0, 0.05) is 20.8 Å². The summed E-state index contributed by atoms with van der Waals surface area (Å²) in [5.74, 6) is 0.101. The Bertz CT molecular complexity index is 78.2. The molecule has 0 heterocycles. The van der Waals surface area contributed by atoms with Crippen LogP contribution in [0.2, 0.25) is 6.04 Å². The van der Waals surface area contributed by atoms with Crippen molar-refractivity contribution in [2.45, 2.75) is 18.4 Å². The average molecular weight is 194 g/mol. The van der Waals surface area contributed by atoms with E-state index in [0.29, 0.717) is 0 Å². The van der Waals surface area contributed by atoms with Gasteiger partial charge < -0.3 is 13.9 Å². The van der Waals surface area contributed by atoms with Crippen LogP contribution in [0.25, 0.3) is 0 Å². The molecule has 0 aliphatic heterocycles. The molecule has 0 amide bonds. The van der Waals surface area contributed by atoms with Crippen molar-refractivity contribution in [1.29, 1.82) is 0 Å². The lowest BCUT2D eigenvalue weighted by Gasteiger charge is -2.11. The first-order valence-corrected chi connectivity index (χ1v) is 6.53. The van der Waals surface area contributed by atoms with Crippen molar-refractivity contribution in [1.82, 2.24) is 0 Å². The maximum Gasteiger partial charge on any atom is 0.145 e. The lowest BCUT2D eigenvalue weighted by Crippen LogP contribution is -2.21. The molecular weight excluding hydrogens is 176 g/mol. The third-order valence-electron chi connectivity index (χ3n) is 1.56. The van der Waals surface area contributed by atoms with Crippen LogP contribution in [-0.4, -0.2) is 46.7 Å². The molecule has 68 valence electrons. The van der Waals surface area contributed by atoms with Crippen LogP contribution in [0.1, 0.15) is 6.42 Å². The molecule has 0 bridgehead atoms. The highest BCUT2D eigenvalue weighted by Crippen LogP contribution is 1.95. The van der Waals surface area contributed by atoms with Crippen LogP contribution in [0.5, 0.6) is 0 Å². The standard InChI is InChI=1S/C6H18O3Si2/c1-7-6(8-2)11-5-3-4-9-10/h6H,3-5,11H2,1-2,10H3. The number of rotatable bonds is 7. The highest BCUT2D eigenvalue weighted by atomic mass is 28.2. The van der Waals surface area contributed by atoms with E-state index in [1.54, 1.807) is 14.2 Å². The fraction of sp³-hybridized carbons (Fsp3) is 1.00. The topological polar surface area (TPSA) is 27.7 Å². The van der Waals surface area contributed by atoms with Crippen molar-refractivity contribution >= 4 is 20.0 Å². The van der Waals surface area contributed by atoms with Gasteiger partial charge in [-0.05, 0) is 6.42 Å². The normalized spacial score (nSPS) is 12.3. The summed E-state index contributed by atoms with van der Waals surface area (Å²) >= 11 is 0. The number of hydrogen-bond donors (Lipinski definition) is 0. The Balaban J connectivity index is 3.07. The highest BCUT2D eigenvalue weighted by molar-refractivity contribution is 6.36. The smallest absolute Gasteiger partial charge is 0.145 e. The predicted octanol–water partition coefficient (Wildman–Crippen LogP) is -1.16. The minimum absolute atomic E-state index is 0.101. The van der Waals surface area contributed by atoms with E-state index in [2.05, 4.69) is 0 Å². The first-order valence-electron chi connectivity index (χ1n) is 3.89. The summed E-state index contributed by atoms with van der Waals surface area (Å²) in [6, 6.07) is 1.24. The summed E-state index contributed by atoms with van der Waals surface area (Å²) in [5, 5.41) is 0. The van der Waals surface area contributed by atoms with Gasteiger partial charge >= 0.3 is 0 Å². The SMILES string of the molecule is COC(OC)[SiH2]CCCO[SiH3]. The van der Waals surface area contributed by atoms with Gasteiger partial charge in [-0.1, -0.05) is 6.04 Å². The van der Waals surface area contributed by atoms with Crippen molar-refractivity contribution < 1.29 is 13.9 Å². The molecule has 3 nitrogen and oxygen atoms in total. The lowest BCUT2D eigenvalue weighted by atomic mass is 10.5. The molecule has 0 atom stereocenters. The summed E-state index contributed by atoms with van der Waals surface area (Å²) in [5.41, 5.74) is 0. The van der Waals surface area contributed by atoms with Crippen LogP contribution in [0.4, 0.5) is 0 Å². The molecule has 0 saturated carbocycles. The molecule has 0 N–H and O–H groups in total. The zero-order chi connectivity index (χ0) is 8.53. The van der Waals surface area contributed by atoms with Gasteiger partial charge in [0.1, 0.15) is 16.4 Å². The lowest BCUT2D eigenvalue weighted by molar-refractivity contribution is -0.0441. The number of ether oxygens (including phenoxy) is 2. The third-order valence-corrected chi connectivity index (χ3v) is 4.02. The second kappa shape index (κ2) is 8.41. The summed E-state index contributed by atoms with van der Waals surface area (Å²) < 4.78 is 15.2. The van der Waals surface area contributed by atoms with Crippen LogP contribution in [0.15, 0.2) is 0 Å². The Labute approximate surface area is 73.8 Å². The Morgan fingerprint density at radius 1 is 1.36 bits per heavy atom. The Morgan fingerprint density at radius 2 is 2.00 bits per heavy atom. The first kappa shape index (κ1) is 11.3. The zero-order valence-corrected chi connectivity index (χ0v) is 11.0. The van der Waals surface area contributed by atoms with Gasteiger partial charge in [0.25, 0.3) is 0 Å². The van der Waals surface area contributed by atoms with Crippen molar-refractivity contribution in [2.24, 2.45) is 0 Å². The monoisotopic (exact) mass is 194 g/mol. The van der Waals surface area contributed by atoms with E-state index < -0.39 is 0 Å². The molecule has 5 heteroatoms. The number of hydrogen-bond acceptors (Lipinski definition) is 3. The summed E-state index contributed by atoms with van der Waals surface area (Å²) in [6.07, 6.45) is 1.17. The van der Waals surface area contributed by atoms with Gasteiger partial charge in [-0.3, -0.25) is 0 Å². The second-order valence-corrected chi connectivity index (χ2v) is 4.92. The van der Waals surface area contributed by atoms with E-state index in [1.165, 1.54) is 12.5 Å². The van der Waals surface area contributed by atoms with Crippen LogP contribution in [0, 0.1) is 0 Å². The van der Waals surface area contributed by atoms with Gasteiger partial charge in [-0.15, -0.1) is 0 Å². The Morgan fingerprint density at radius 3 is 2.45 bits per heavy atom.